The Kier molecular flexibility index (Phi) is 5.99. The Hall–Kier alpha value is -1.62. The average molecular weight is 294 g/mol. The predicted octanol–water partition coefficient (Wildman–Crippen LogP) is 2.61. The third-order valence-electron chi connectivity index (χ3n) is 3.84. The molecule has 0 atom stereocenters. The molecule has 5 heteroatoms. The Morgan fingerprint density at radius 2 is 1.62 bits per heavy atom. The van der Waals surface area contributed by atoms with Crippen LogP contribution in [0, 0.1) is 0 Å². The molecule has 21 heavy (non-hydrogen) atoms. The summed E-state index contributed by atoms with van der Waals surface area (Å²) in [5.74, 6) is 1.99. The molecule has 0 aromatic heterocycles. The van der Waals surface area contributed by atoms with Crippen LogP contribution in [-0.4, -0.2) is 52.4 Å². The quantitative estimate of drug-likeness (QED) is 0.747. The van der Waals surface area contributed by atoms with Crippen LogP contribution < -0.4 is 19.5 Å². The van der Waals surface area contributed by atoms with Gasteiger partial charge in [-0.1, -0.05) is 0 Å². The van der Waals surface area contributed by atoms with Gasteiger partial charge in [-0.05, 0) is 38.9 Å². The van der Waals surface area contributed by atoms with E-state index in [1.54, 1.807) is 21.3 Å². The van der Waals surface area contributed by atoms with Gasteiger partial charge in [0, 0.05) is 24.4 Å². The maximum atomic E-state index is 5.35. The van der Waals surface area contributed by atoms with E-state index in [0.29, 0.717) is 17.2 Å². The lowest BCUT2D eigenvalue weighted by Crippen LogP contribution is -2.22. The number of likely N-dealkylation sites (tertiary alicyclic amines) is 1. The van der Waals surface area contributed by atoms with Gasteiger partial charge in [0.1, 0.15) is 0 Å². The van der Waals surface area contributed by atoms with Crippen LogP contribution in [0.15, 0.2) is 12.1 Å². The molecule has 0 radical (unpaired) electrons. The number of hydrogen-bond acceptors (Lipinski definition) is 5. The van der Waals surface area contributed by atoms with Gasteiger partial charge in [0.05, 0.1) is 21.3 Å². The zero-order valence-corrected chi connectivity index (χ0v) is 13.3. The molecule has 1 fully saturated rings. The molecule has 1 heterocycles. The van der Waals surface area contributed by atoms with Crippen LogP contribution in [0.1, 0.15) is 19.3 Å². The van der Waals surface area contributed by atoms with E-state index in [9.17, 15) is 0 Å². The number of ether oxygens (including phenoxy) is 3. The number of nitrogens with zero attached hydrogens (tertiary/aromatic N) is 1. The lowest BCUT2D eigenvalue weighted by atomic mass is 10.2. The largest absolute Gasteiger partial charge is 0.493 e. The first kappa shape index (κ1) is 15.8. The highest BCUT2D eigenvalue weighted by Crippen LogP contribution is 2.39. The zero-order valence-electron chi connectivity index (χ0n) is 13.3. The van der Waals surface area contributed by atoms with E-state index < -0.39 is 0 Å². The van der Waals surface area contributed by atoms with Crippen molar-refractivity contribution in [2.24, 2.45) is 0 Å². The second-order valence-electron chi connectivity index (χ2n) is 5.24. The van der Waals surface area contributed by atoms with Crippen molar-refractivity contribution in [2.75, 3.05) is 52.8 Å². The molecule has 118 valence electrons. The summed E-state index contributed by atoms with van der Waals surface area (Å²) in [5, 5.41) is 3.43. The summed E-state index contributed by atoms with van der Waals surface area (Å²) in [4.78, 5) is 2.52. The van der Waals surface area contributed by atoms with E-state index in [2.05, 4.69) is 10.2 Å². The maximum Gasteiger partial charge on any atom is 0.203 e. The van der Waals surface area contributed by atoms with Gasteiger partial charge < -0.3 is 24.4 Å². The first-order valence-electron chi connectivity index (χ1n) is 7.54. The van der Waals surface area contributed by atoms with Crippen LogP contribution in [0.25, 0.3) is 0 Å². The molecule has 0 amide bonds. The lowest BCUT2D eigenvalue weighted by Gasteiger charge is -2.16. The molecule has 0 saturated carbocycles. The van der Waals surface area contributed by atoms with E-state index in [0.717, 1.165) is 25.2 Å². The number of hydrogen-bond donors (Lipinski definition) is 1. The van der Waals surface area contributed by atoms with Gasteiger partial charge in [0.2, 0.25) is 5.75 Å². The summed E-state index contributed by atoms with van der Waals surface area (Å²) in [6, 6.07) is 3.88. The Morgan fingerprint density at radius 1 is 1.00 bits per heavy atom. The monoisotopic (exact) mass is 294 g/mol. The maximum absolute atomic E-state index is 5.35. The van der Waals surface area contributed by atoms with E-state index >= 15 is 0 Å². The fourth-order valence-corrected chi connectivity index (χ4v) is 2.72. The highest BCUT2D eigenvalue weighted by Gasteiger charge is 2.13. The van der Waals surface area contributed by atoms with Crippen molar-refractivity contribution in [1.29, 1.82) is 0 Å². The smallest absolute Gasteiger partial charge is 0.203 e. The number of rotatable bonds is 8. The molecular weight excluding hydrogens is 268 g/mol. The highest BCUT2D eigenvalue weighted by molar-refractivity contribution is 5.62. The van der Waals surface area contributed by atoms with E-state index in [-0.39, 0.29) is 0 Å². The normalized spacial score (nSPS) is 15.0. The number of anilines is 1. The Bertz CT molecular complexity index is 420. The summed E-state index contributed by atoms with van der Waals surface area (Å²) in [5.41, 5.74) is 0.992. The Labute approximate surface area is 127 Å². The minimum absolute atomic E-state index is 0.627. The Balaban J connectivity index is 1.89. The van der Waals surface area contributed by atoms with Gasteiger partial charge in [0.15, 0.2) is 11.5 Å². The second kappa shape index (κ2) is 7.98. The average Bonchev–Trinajstić information content (AvgIpc) is 3.03. The molecule has 1 aromatic rings. The minimum Gasteiger partial charge on any atom is -0.493 e. The van der Waals surface area contributed by atoms with Crippen LogP contribution in [0.4, 0.5) is 5.69 Å². The fraction of sp³-hybridized carbons (Fsp3) is 0.625. The third kappa shape index (κ3) is 4.17. The predicted molar refractivity (Wildman–Crippen MR) is 84.9 cm³/mol. The third-order valence-corrected chi connectivity index (χ3v) is 3.84. The first-order chi connectivity index (χ1) is 10.3. The summed E-state index contributed by atoms with van der Waals surface area (Å²) < 4.78 is 16.0. The molecular formula is C16H26N2O3. The van der Waals surface area contributed by atoms with Crippen molar-refractivity contribution in [3.8, 4) is 17.2 Å². The molecule has 1 aliphatic heterocycles. The zero-order chi connectivity index (χ0) is 15.1. The second-order valence-corrected chi connectivity index (χ2v) is 5.24. The van der Waals surface area contributed by atoms with Crippen LogP contribution in [0.5, 0.6) is 17.2 Å². The fourth-order valence-electron chi connectivity index (χ4n) is 2.72. The molecule has 0 bridgehead atoms. The highest BCUT2D eigenvalue weighted by atomic mass is 16.5. The van der Waals surface area contributed by atoms with Crippen LogP contribution in [0.3, 0.4) is 0 Å². The van der Waals surface area contributed by atoms with Gasteiger partial charge in [-0.15, -0.1) is 0 Å². The van der Waals surface area contributed by atoms with Gasteiger partial charge in [-0.2, -0.15) is 0 Å². The summed E-state index contributed by atoms with van der Waals surface area (Å²) in [7, 11) is 4.88. The molecule has 1 aliphatic rings. The summed E-state index contributed by atoms with van der Waals surface area (Å²) in [6.07, 6.45) is 3.83. The van der Waals surface area contributed by atoms with Crippen LogP contribution >= 0.6 is 0 Å². The SMILES string of the molecule is COc1cc(NCCCN2CCCC2)cc(OC)c1OC. The topological polar surface area (TPSA) is 43.0 Å². The van der Waals surface area contributed by atoms with E-state index in [1.165, 1.54) is 25.9 Å². The van der Waals surface area contributed by atoms with E-state index in [4.69, 9.17) is 14.2 Å². The van der Waals surface area contributed by atoms with Crippen molar-refractivity contribution in [3.63, 3.8) is 0 Å². The van der Waals surface area contributed by atoms with Crippen molar-refractivity contribution < 1.29 is 14.2 Å². The first-order valence-corrected chi connectivity index (χ1v) is 7.54. The molecule has 5 nitrogen and oxygen atoms in total. The van der Waals surface area contributed by atoms with Crippen molar-refractivity contribution in [3.05, 3.63) is 12.1 Å². The number of benzene rings is 1. The van der Waals surface area contributed by atoms with E-state index in [1.807, 2.05) is 12.1 Å². The molecule has 0 unspecified atom stereocenters. The van der Waals surface area contributed by atoms with Crippen molar-refractivity contribution in [2.45, 2.75) is 19.3 Å². The molecule has 0 spiro atoms. The summed E-state index contributed by atoms with van der Waals surface area (Å²) in [6.45, 7) is 4.61. The summed E-state index contributed by atoms with van der Waals surface area (Å²) >= 11 is 0. The molecule has 1 aromatic carbocycles. The van der Waals surface area contributed by atoms with Crippen LogP contribution in [-0.2, 0) is 0 Å². The standard InChI is InChI=1S/C16H26N2O3/c1-19-14-11-13(12-15(20-2)16(14)21-3)17-7-6-10-18-8-4-5-9-18/h11-12,17H,4-10H2,1-3H3. The Morgan fingerprint density at radius 3 is 2.14 bits per heavy atom. The van der Waals surface area contributed by atoms with Gasteiger partial charge in [0.25, 0.3) is 0 Å². The van der Waals surface area contributed by atoms with Crippen LogP contribution in [0.2, 0.25) is 0 Å². The molecule has 1 N–H and O–H groups in total. The van der Waals surface area contributed by atoms with Gasteiger partial charge in [-0.25, -0.2) is 0 Å². The number of nitrogens with one attached hydrogen (secondary N) is 1. The molecule has 0 aliphatic carbocycles. The molecule has 2 rings (SSSR count). The van der Waals surface area contributed by atoms with Gasteiger partial charge in [-0.3, -0.25) is 0 Å². The van der Waals surface area contributed by atoms with Crippen molar-refractivity contribution in [1.82, 2.24) is 4.90 Å². The number of methoxy groups -OCH3 is 3. The molecule has 1 saturated heterocycles. The lowest BCUT2D eigenvalue weighted by molar-refractivity contribution is 0.324. The minimum atomic E-state index is 0.627. The van der Waals surface area contributed by atoms with Crippen molar-refractivity contribution >= 4 is 5.69 Å². The van der Waals surface area contributed by atoms with Gasteiger partial charge >= 0.3 is 0 Å².